The predicted molar refractivity (Wildman–Crippen MR) is 97.6 cm³/mol. The summed E-state index contributed by atoms with van der Waals surface area (Å²) in [5.41, 5.74) is 1.89. The number of amides is 2. The number of hydrogen-bond donors (Lipinski definition) is 2. The number of nitrogens with zero attached hydrogens (tertiary/aromatic N) is 4. The SMILES string of the molecule is CC(=O)Nc1ccc(NC(=O)Cn2nnc(-c3ccccc3Cl)n2)cc1. The van der Waals surface area contributed by atoms with Crippen molar-refractivity contribution in [3.63, 3.8) is 0 Å². The van der Waals surface area contributed by atoms with Crippen LogP contribution >= 0.6 is 11.6 Å². The molecule has 0 fully saturated rings. The highest BCUT2D eigenvalue weighted by Gasteiger charge is 2.11. The van der Waals surface area contributed by atoms with Crippen molar-refractivity contribution >= 4 is 34.8 Å². The molecule has 26 heavy (non-hydrogen) atoms. The van der Waals surface area contributed by atoms with Crippen LogP contribution in [0.15, 0.2) is 48.5 Å². The van der Waals surface area contributed by atoms with Gasteiger partial charge in [-0.2, -0.15) is 4.80 Å². The number of aromatic nitrogens is 4. The van der Waals surface area contributed by atoms with E-state index in [0.29, 0.717) is 27.8 Å². The Balaban J connectivity index is 1.62. The fourth-order valence-electron chi connectivity index (χ4n) is 2.23. The Kier molecular flexibility index (Phi) is 5.23. The second kappa shape index (κ2) is 7.75. The van der Waals surface area contributed by atoms with Gasteiger partial charge in [-0.05, 0) is 41.6 Å². The molecule has 132 valence electrons. The van der Waals surface area contributed by atoms with Crippen molar-refractivity contribution in [2.45, 2.75) is 13.5 Å². The van der Waals surface area contributed by atoms with Crippen LogP contribution in [-0.4, -0.2) is 32.0 Å². The van der Waals surface area contributed by atoms with Crippen LogP contribution in [-0.2, 0) is 16.1 Å². The van der Waals surface area contributed by atoms with Crippen molar-refractivity contribution in [2.24, 2.45) is 0 Å². The van der Waals surface area contributed by atoms with Crippen LogP contribution in [0.4, 0.5) is 11.4 Å². The summed E-state index contributed by atoms with van der Waals surface area (Å²) in [7, 11) is 0. The lowest BCUT2D eigenvalue weighted by atomic mass is 10.2. The van der Waals surface area contributed by atoms with Gasteiger partial charge in [0.2, 0.25) is 17.6 Å². The minimum atomic E-state index is -0.305. The van der Waals surface area contributed by atoms with Gasteiger partial charge in [0.15, 0.2) is 0 Å². The number of carbonyl (C=O) groups is 2. The van der Waals surface area contributed by atoms with Gasteiger partial charge >= 0.3 is 0 Å². The van der Waals surface area contributed by atoms with Gasteiger partial charge in [-0.3, -0.25) is 9.59 Å². The third kappa shape index (κ3) is 4.42. The van der Waals surface area contributed by atoms with E-state index in [1.54, 1.807) is 42.5 Å². The molecule has 0 aliphatic rings. The fraction of sp³-hybridized carbons (Fsp3) is 0.118. The monoisotopic (exact) mass is 370 g/mol. The molecule has 0 spiro atoms. The van der Waals surface area contributed by atoms with E-state index in [4.69, 9.17) is 11.6 Å². The number of carbonyl (C=O) groups excluding carboxylic acids is 2. The van der Waals surface area contributed by atoms with Crippen molar-refractivity contribution in [3.8, 4) is 11.4 Å². The number of rotatable bonds is 5. The fourth-order valence-corrected chi connectivity index (χ4v) is 2.45. The average Bonchev–Trinajstić information content (AvgIpc) is 3.04. The smallest absolute Gasteiger partial charge is 0.248 e. The van der Waals surface area contributed by atoms with Gasteiger partial charge in [0.1, 0.15) is 6.54 Å². The second-order valence-electron chi connectivity index (χ2n) is 5.43. The summed E-state index contributed by atoms with van der Waals surface area (Å²) in [6.45, 7) is 1.34. The Morgan fingerprint density at radius 1 is 1.04 bits per heavy atom. The third-order valence-electron chi connectivity index (χ3n) is 3.34. The number of benzene rings is 2. The Bertz CT molecular complexity index is 938. The molecule has 0 saturated carbocycles. The van der Waals surface area contributed by atoms with Crippen LogP contribution < -0.4 is 10.6 Å². The van der Waals surface area contributed by atoms with E-state index in [9.17, 15) is 9.59 Å². The van der Waals surface area contributed by atoms with Crippen LogP contribution in [0.2, 0.25) is 5.02 Å². The third-order valence-corrected chi connectivity index (χ3v) is 3.67. The zero-order chi connectivity index (χ0) is 18.5. The minimum Gasteiger partial charge on any atom is -0.326 e. The van der Waals surface area contributed by atoms with E-state index in [-0.39, 0.29) is 18.4 Å². The van der Waals surface area contributed by atoms with E-state index in [0.717, 1.165) is 0 Å². The van der Waals surface area contributed by atoms with Crippen LogP contribution in [0.1, 0.15) is 6.92 Å². The summed E-state index contributed by atoms with van der Waals surface area (Å²) in [5.74, 6) is -0.114. The maximum absolute atomic E-state index is 12.1. The standard InChI is InChI=1S/C17H15ClN6O2/c1-11(25)19-12-6-8-13(9-7-12)20-16(26)10-24-22-17(21-23-24)14-4-2-3-5-15(14)18/h2-9H,10H2,1H3,(H,19,25)(H,20,26). The normalized spacial score (nSPS) is 10.4. The number of hydrogen-bond acceptors (Lipinski definition) is 5. The molecule has 0 radical (unpaired) electrons. The lowest BCUT2D eigenvalue weighted by molar-refractivity contribution is -0.117. The molecule has 9 heteroatoms. The molecule has 0 aliphatic heterocycles. The first-order chi connectivity index (χ1) is 12.5. The molecule has 1 aromatic heterocycles. The lowest BCUT2D eigenvalue weighted by Crippen LogP contribution is -2.20. The summed E-state index contributed by atoms with van der Waals surface area (Å²) < 4.78 is 0. The topological polar surface area (TPSA) is 102 Å². The van der Waals surface area contributed by atoms with Crippen molar-refractivity contribution < 1.29 is 9.59 Å². The van der Waals surface area contributed by atoms with Crippen molar-refractivity contribution in [1.29, 1.82) is 0 Å². The average molecular weight is 371 g/mol. The van der Waals surface area contributed by atoms with Crippen LogP contribution in [0.25, 0.3) is 11.4 Å². The molecule has 0 bridgehead atoms. The molecular formula is C17H15ClN6O2. The first-order valence-electron chi connectivity index (χ1n) is 7.71. The molecule has 3 aromatic rings. The highest BCUT2D eigenvalue weighted by atomic mass is 35.5. The van der Waals surface area contributed by atoms with Crippen molar-refractivity contribution in [2.75, 3.05) is 10.6 Å². The molecule has 8 nitrogen and oxygen atoms in total. The van der Waals surface area contributed by atoms with E-state index in [1.165, 1.54) is 11.7 Å². The highest BCUT2D eigenvalue weighted by molar-refractivity contribution is 6.33. The summed E-state index contributed by atoms with van der Waals surface area (Å²) in [6, 6.07) is 13.9. The summed E-state index contributed by atoms with van der Waals surface area (Å²) in [4.78, 5) is 24.3. The zero-order valence-electron chi connectivity index (χ0n) is 13.8. The van der Waals surface area contributed by atoms with Gasteiger partial charge in [-0.1, -0.05) is 23.7 Å². The first kappa shape index (κ1) is 17.6. The van der Waals surface area contributed by atoms with E-state index in [1.807, 2.05) is 6.07 Å². The number of tetrazole rings is 1. The molecule has 0 unspecified atom stereocenters. The van der Waals surface area contributed by atoms with E-state index >= 15 is 0 Å². The maximum atomic E-state index is 12.1. The Morgan fingerprint density at radius 2 is 1.69 bits per heavy atom. The lowest BCUT2D eigenvalue weighted by Gasteiger charge is -2.06. The Labute approximate surface area is 154 Å². The number of nitrogens with one attached hydrogen (secondary N) is 2. The predicted octanol–water partition coefficient (Wildman–Crippen LogP) is 2.59. The molecule has 0 saturated heterocycles. The van der Waals surface area contributed by atoms with Gasteiger partial charge < -0.3 is 10.6 Å². The first-order valence-corrected chi connectivity index (χ1v) is 8.09. The highest BCUT2D eigenvalue weighted by Crippen LogP contribution is 2.23. The minimum absolute atomic E-state index is 0.0924. The molecular weight excluding hydrogens is 356 g/mol. The summed E-state index contributed by atoms with van der Waals surface area (Å²) in [5, 5.41) is 17.9. The summed E-state index contributed by atoms with van der Waals surface area (Å²) in [6.07, 6.45) is 0. The number of halogens is 1. The zero-order valence-corrected chi connectivity index (χ0v) is 14.6. The largest absolute Gasteiger partial charge is 0.326 e. The van der Waals surface area contributed by atoms with Gasteiger partial charge in [0, 0.05) is 23.9 Å². The summed E-state index contributed by atoms with van der Waals surface area (Å²) >= 11 is 6.10. The Morgan fingerprint density at radius 3 is 2.35 bits per heavy atom. The van der Waals surface area contributed by atoms with Crippen LogP contribution in [0.3, 0.4) is 0 Å². The molecule has 1 heterocycles. The van der Waals surface area contributed by atoms with Crippen molar-refractivity contribution in [1.82, 2.24) is 20.2 Å². The van der Waals surface area contributed by atoms with Gasteiger partial charge in [0.25, 0.3) is 0 Å². The molecule has 2 aromatic carbocycles. The van der Waals surface area contributed by atoms with Crippen LogP contribution in [0, 0.1) is 0 Å². The Hall–Kier alpha value is -3.26. The van der Waals surface area contributed by atoms with E-state index < -0.39 is 0 Å². The van der Waals surface area contributed by atoms with Gasteiger partial charge in [0.05, 0.1) is 5.02 Å². The second-order valence-corrected chi connectivity index (χ2v) is 5.84. The van der Waals surface area contributed by atoms with Gasteiger partial charge in [-0.15, -0.1) is 10.2 Å². The molecule has 2 N–H and O–H groups in total. The van der Waals surface area contributed by atoms with Gasteiger partial charge in [-0.25, -0.2) is 0 Å². The number of anilines is 2. The maximum Gasteiger partial charge on any atom is 0.248 e. The van der Waals surface area contributed by atoms with Crippen LogP contribution in [0.5, 0.6) is 0 Å². The molecule has 0 aliphatic carbocycles. The molecule has 3 rings (SSSR count). The quantitative estimate of drug-likeness (QED) is 0.718. The van der Waals surface area contributed by atoms with Crippen molar-refractivity contribution in [3.05, 3.63) is 53.6 Å². The van der Waals surface area contributed by atoms with E-state index in [2.05, 4.69) is 26.0 Å². The molecule has 2 amide bonds. The molecule has 0 atom stereocenters.